The lowest BCUT2D eigenvalue weighted by atomic mass is 10.2. The minimum absolute atomic E-state index is 0.641. The van der Waals surface area contributed by atoms with Crippen LogP contribution in [0.3, 0.4) is 0 Å². The molecule has 0 spiro atoms. The summed E-state index contributed by atoms with van der Waals surface area (Å²) in [5.41, 5.74) is 9.53. The number of nitrogens with one attached hydrogen (secondary N) is 1. The Kier molecular flexibility index (Phi) is 3.10. The van der Waals surface area contributed by atoms with Gasteiger partial charge in [0.05, 0.1) is 17.6 Å². The first kappa shape index (κ1) is 11.0. The molecule has 0 atom stereocenters. The van der Waals surface area contributed by atoms with Crippen LogP contribution in [0.1, 0.15) is 5.56 Å². The third kappa shape index (κ3) is 2.33. The maximum absolute atomic E-state index is 5.82. The van der Waals surface area contributed by atoms with Gasteiger partial charge in [-0.25, -0.2) is 0 Å². The zero-order valence-electron chi connectivity index (χ0n) is 8.87. The van der Waals surface area contributed by atoms with Gasteiger partial charge in [-0.05, 0) is 30.7 Å². The monoisotopic (exact) mass is 277 g/mol. The van der Waals surface area contributed by atoms with E-state index >= 15 is 0 Å². The van der Waals surface area contributed by atoms with E-state index in [0.717, 1.165) is 15.8 Å². The van der Waals surface area contributed by atoms with Crippen molar-refractivity contribution in [2.24, 2.45) is 0 Å². The van der Waals surface area contributed by atoms with Gasteiger partial charge in [0.25, 0.3) is 0 Å². The first-order valence-electron chi connectivity index (χ1n) is 4.89. The van der Waals surface area contributed by atoms with Gasteiger partial charge in [0.1, 0.15) is 0 Å². The zero-order chi connectivity index (χ0) is 11.5. The number of nitrogens with zero attached hydrogens (tertiary/aromatic N) is 1. The summed E-state index contributed by atoms with van der Waals surface area (Å²) in [5.74, 6) is 0. The van der Waals surface area contributed by atoms with E-state index in [2.05, 4.69) is 26.2 Å². The van der Waals surface area contributed by atoms with Crippen molar-refractivity contribution in [2.75, 3.05) is 11.1 Å². The maximum atomic E-state index is 5.82. The van der Waals surface area contributed by atoms with Gasteiger partial charge in [0.15, 0.2) is 0 Å². The van der Waals surface area contributed by atoms with Gasteiger partial charge in [-0.15, -0.1) is 0 Å². The van der Waals surface area contributed by atoms with Gasteiger partial charge in [-0.3, -0.25) is 4.98 Å². The molecular weight excluding hydrogens is 266 g/mol. The summed E-state index contributed by atoms with van der Waals surface area (Å²) >= 11 is 3.44. The van der Waals surface area contributed by atoms with Crippen LogP contribution in [0.25, 0.3) is 0 Å². The molecule has 0 amide bonds. The van der Waals surface area contributed by atoms with Crippen LogP contribution in [0.2, 0.25) is 0 Å². The lowest BCUT2D eigenvalue weighted by molar-refractivity contribution is 1.32. The van der Waals surface area contributed by atoms with Crippen LogP contribution in [0.15, 0.2) is 41.1 Å². The summed E-state index contributed by atoms with van der Waals surface area (Å²) in [6, 6.07) is 7.94. The van der Waals surface area contributed by atoms with Crippen LogP contribution in [0.4, 0.5) is 17.1 Å². The number of anilines is 3. The smallest absolute Gasteiger partial charge is 0.0739 e. The van der Waals surface area contributed by atoms with E-state index in [1.165, 1.54) is 5.56 Å². The fourth-order valence-electron chi connectivity index (χ4n) is 1.39. The number of halogens is 1. The molecule has 82 valence electrons. The van der Waals surface area contributed by atoms with Crippen molar-refractivity contribution in [3.63, 3.8) is 0 Å². The summed E-state index contributed by atoms with van der Waals surface area (Å²) in [6.07, 6.45) is 3.35. The van der Waals surface area contributed by atoms with E-state index in [1.807, 2.05) is 31.2 Å². The Bertz CT molecular complexity index is 511. The Morgan fingerprint density at radius 2 is 2.06 bits per heavy atom. The number of hydrogen-bond acceptors (Lipinski definition) is 3. The summed E-state index contributed by atoms with van der Waals surface area (Å²) in [5, 5.41) is 3.29. The Hall–Kier alpha value is -1.55. The second-order valence-corrected chi connectivity index (χ2v) is 4.46. The normalized spacial score (nSPS) is 10.1. The molecule has 0 aliphatic carbocycles. The molecule has 1 aromatic carbocycles. The van der Waals surface area contributed by atoms with Crippen molar-refractivity contribution < 1.29 is 0 Å². The van der Waals surface area contributed by atoms with Gasteiger partial charge in [-0.2, -0.15) is 0 Å². The summed E-state index contributed by atoms with van der Waals surface area (Å²) < 4.78 is 1.04. The molecule has 1 heterocycles. The zero-order valence-corrected chi connectivity index (χ0v) is 10.5. The van der Waals surface area contributed by atoms with E-state index < -0.39 is 0 Å². The average molecular weight is 278 g/mol. The molecule has 4 heteroatoms. The predicted octanol–water partition coefficient (Wildman–Crippen LogP) is 3.48. The van der Waals surface area contributed by atoms with Crippen LogP contribution in [-0.4, -0.2) is 4.98 Å². The van der Waals surface area contributed by atoms with Gasteiger partial charge in [0, 0.05) is 16.4 Å². The van der Waals surface area contributed by atoms with Crippen LogP contribution >= 0.6 is 15.9 Å². The molecule has 0 saturated heterocycles. The number of pyridine rings is 1. The van der Waals surface area contributed by atoms with Crippen LogP contribution in [-0.2, 0) is 0 Å². The fourth-order valence-corrected chi connectivity index (χ4v) is 1.76. The van der Waals surface area contributed by atoms with Gasteiger partial charge >= 0.3 is 0 Å². The molecule has 0 aliphatic rings. The number of rotatable bonds is 2. The standard InChI is InChI=1S/C12H12BrN3/c1-8-2-3-9(13)6-12(8)16-11-4-5-15-7-10(11)14/h2-7H,14H2,1H3,(H,15,16). The molecule has 16 heavy (non-hydrogen) atoms. The number of nitrogens with two attached hydrogens (primary N) is 1. The van der Waals surface area contributed by atoms with Crippen molar-refractivity contribution in [3.8, 4) is 0 Å². The van der Waals surface area contributed by atoms with E-state index in [4.69, 9.17) is 5.73 Å². The number of benzene rings is 1. The van der Waals surface area contributed by atoms with E-state index in [1.54, 1.807) is 12.4 Å². The first-order chi connectivity index (χ1) is 7.66. The molecule has 0 radical (unpaired) electrons. The summed E-state index contributed by atoms with van der Waals surface area (Å²) in [6.45, 7) is 2.05. The Morgan fingerprint density at radius 1 is 1.25 bits per heavy atom. The second kappa shape index (κ2) is 4.53. The van der Waals surface area contributed by atoms with E-state index in [-0.39, 0.29) is 0 Å². The number of aryl methyl sites for hydroxylation is 1. The van der Waals surface area contributed by atoms with Crippen LogP contribution < -0.4 is 11.1 Å². The highest BCUT2D eigenvalue weighted by molar-refractivity contribution is 9.10. The number of hydrogen-bond donors (Lipinski definition) is 2. The lowest BCUT2D eigenvalue weighted by Crippen LogP contribution is -1.98. The SMILES string of the molecule is Cc1ccc(Br)cc1Nc1ccncc1N. The Morgan fingerprint density at radius 3 is 2.81 bits per heavy atom. The van der Waals surface area contributed by atoms with Crippen molar-refractivity contribution in [3.05, 3.63) is 46.7 Å². The van der Waals surface area contributed by atoms with Crippen molar-refractivity contribution in [2.45, 2.75) is 6.92 Å². The third-order valence-corrected chi connectivity index (χ3v) is 2.81. The van der Waals surface area contributed by atoms with Crippen LogP contribution in [0.5, 0.6) is 0 Å². The van der Waals surface area contributed by atoms with Gasteiger partial charge in [-0.1, -0.05) is 22.0 Å². The molecular formula is C12H12BrN3. The molecule has 2 aromatic rings. The van der Waals surface area contributed by atoms with Crippen molar-refractivity contribution in [1.82, 2.24) is 4.98 Å². The maximum Gasteiger partial charge on any atom is 0.0739 e. The topological polar surface area (TPSA) is 50.9 Å². The molecule has 0 bridgehead atoms. The molecule has 2 rings (SSSR count). The quantitative estimate of drug-likeness (QED) is 0.884. The molecule has 0 saturated carbocycles. The minimum Gasteiger partial charge on any atom is -0.396 e. The largest absolute Gasteiger partial charge is 0.396 e. The highest BCUT2D eigenvalue weighted by Gasteiger charge is 2.02. The lowest BCUT2D eigenvalue weighted by Gasteiger charge is -2.11. The van der Waals surface area contributed by atoms with E-state index in [9.17, 15) is 0 Å². The predicted molar refractivity (Wildman–Crippen MR) is 70.8 cm³/mol. The highest BCUT2D eigenvalue weighted by Crippen LogP contribution is 2.26. The number of nitrogen functional groups attached to an aromatic ring is 1. The summed E-state index contributed by atoms with van der Waals surface area (Å²) in [4.78, 5) is 3.95. The van der Waals surface area contributed by atoms with E-state index in [0.29, 0.717) is 5.69 Å². The third-order valence-electron chi connectivity index (χ3n) is 2.32. The molecule has 0 fully saturated rings. The van der Waals surface area contributed by atoms with Crippen molar-refractivity contribution in [1.29, 1.82) is 0 Å². The number of aromatic nitrogens is 1. The van der Waals surface area contributed by atoms with Crippen LogP contribution in [0, 0.1) is 6.92 Å². The Labute approximate surface area is 103 Å². The molecule has 3 nitrogen and oxygen atoms in total. The molecule has 1 aromatic heterocycles. The molecule has 0 unspecified atom stereocenters. The summed E-state index contributed by atoms with van der Waals surface area (Å²) in [7, 11) is 0. The fraction of sp³-hybridized carbons (Fsp3) is 0.0833. The minimum atomic E-state index is 0.641. The van der Waals surface area contributed by atoms with Crippen molar-refractivity contribution >= 4 is 33.0 Å². The molecule has 3 N–H and O–H groups in total. The average Bonchev–Trinajstić information content (AvgIpc) is 2.27. The second-order valence-electron chi connectivity index (χ2n) is 3.55. The van der Waals surface area contributed by atoms with Gasteiger partial charge in [0.2, 0.25) is 0 Å². The molecule has 0 aliphatic heterocycles. The highest BCUT2D eigenvalue weighted by atomic mass is 79.9. The van der Waals surface area contributed by atoms with Gasteiger partial charge < -0.3 is 11.1 Å². The first-order valence-corrected chi connectivity index (χ1v) is 5.69. The Balaban J connectivity index is 2.34.